The number of nitrogens with zero attached hydrogens (tertiary/aromatic N) is 4. The normalized spacial score (nSPS) is 12.7. The first-order valence-electron chi connectivity index (χ1n) is 5.78. The Morgan fingerprint density at radius 1 is 1.21 bits per heavy atom. The second-order valence-corrected chi connectivity index (χ2v) is 5.05. The summed E-state index contributed by atoms with van der Waals surface area (Å²) in [5, 5.41) is 1.65. The van der Waals surface area contributed by atoms with Gasteiger partial charge in [-0.25, -0.2) is 19.9 Å². The van der Waals surface area contributed by atoms with Crippen LogP contribution in [0.15, 0.2) is 41.0 Å². The maximum absolute atomic E-state index is 5.95. The van der Waals surface area contributed by atoms with Gasteiger partial charge in [0.1, 0.15) is 21.9 Å². The predicted octanol–water partition coefficient (Wildman–Crippen LogP) is 1.92. The fraction of sp³-hybridized carbons (Fsp3) is 0.167. The average Bonchev–Trinajstić information content (AvgIpc) is 2.88. The zero-order chi connectivity index (χ0) is 13.2. The minimum Gasteiger partial charge on any atom is -0.341 e. The van der Waals surface area contributed by atoms with E-state index in [-0.39, 0.29) is 6.04 Å². The van der Waals surface area contributed by atoms with Gasteiger partial charge in [-0.3, -0.25) is 0 Å². The SMILES string of the molecule is C[C@H](N)c1cccnc1Sc1ncnc2nc[nH]c12. The van der Waals surface area contributed by atoms with Crippen LogP contribution >= 0.6 is 11.8 Å². The molecule has 0 radical (unpaired) electrons. The van der Waals surface area contributed by atoms with Gasteiger partial charge in [0.05, 0.1) is 6.33 Å². The van der Waals surface area contributed by atoms with E-state index in [4.69, 9.17) is 5.73 Å². The zero-order valence-corrected chi connectivity index (χ0v) is 11.1. The summed E-state index contributed by atoms with van der Waals surface area (Å²) in [5.41, 5.74) is 8.42. The number of imidazole rings is 1. The number of hydrogen-bond donors (Lipinski definition) is 2. The van der Waals surface area contributed by atoms with Crippen molar-refractivity contribution in [2.45, 2.75) is 23.0 Å². The van der Waals surface area contributed by atoms with Crippen LogP contribution in [0.2, 0.25) is 0 Å². The van der Waals surface area contributed by atoms with E-state index in [1.807, 2.05) is 19.1 Å². The van der Waals surface area contributed by atoms with Gasteiger partial charge in [0.25, 0.3) is 0 Å². The Kier molecular flexibility index (Phi) is 3.14. The molecule has 3 aromatic heterocycles. The molecule has 3 heterocycles. The molecule has 1 atom stereocenters. The Balaban J connectivity index is 2.04. The van der Waals surface area contributed by atoms with E-state index in [1.165, 1.54) is 18.1 Å². The van der Waals surface area contributed by atoms with Crippen molar-refractivity contribution in [3.8, 4) is 0 Å². The minimum atomic E-state index is -0.0738. The number of hydrogen-bond acceptors (Lipinski definition) is 6. The van der Waals surface area contributed by atoms with Crippen molar-refractivity contribution in [1.82, 2.24) is 24.9 Å². The number of pyridine rings is 1. The molecular formula is C12H12N6S. The van der Waals surface area contributed by atoms with E-state index in [9.17, 15) is 0 Å². The molecule has 0 aromatic carbocycles. The van der Waals surface area contributed by atoms with Crippen LogP contribution in [0.25, 0.3) is 11.2 Å². The third-order valence-corrected chi connectivity index (χ3v) is 3.71. The summed E-state index contributed by atoms with van der Waals surface area (Å²) in [5.74, 6) is 0. The highest BCUT2D eigenvalue weighted by molar-refractivity contribution is 7.99. The van der Waals surface area contributed by atoms with Gasteiger partial charge in [-0.15, -0.1) is 0 Å². The Morgan fingerprint density at radius 2 is 2.11 bits per heavy atom. The van der Waals surface area contributed by atoms with Crippen LogP contribution in [0.3, 0.4) is 0 Å². The molecule has 0 saturated heterocycles. The highest BCUT2D eigenvalue weighted by Gasteiger charge is 2.13. The van der Waals surface area contributed by atoms with E-state index in [2.05, 4.69) is 24.9 Å². The zero-order valence-electron chi connectivity index (χ0n) is 10.2. The lowest BCUT2D eigenvalue weighted by Crippen LogP contribution is -2.07. The van der Waals surface area contributed by atoms with Gasteiger partial charge < -0.3 is 10.7 Å². The average molecular weight is 272 g/mol. The van der Waals surface area contributed by atoms with Crippen LogP contribution in [0, 0.1) is 0 Å². The van der Waals surface area contributed by atoms with Crippen LogP contribution < -0.4 is 5.73 Å². The molecule has 6 nitrogen and oxygen atoms in total. The molecule has 7 heteroatoms. The fourth-order valence-corrected chi connectivity index (χ4v) is 2.77. The van der Waals surface area contributed by atoms with Crippen molar-refractivity contribution in [3.05, 3.63) is 36.5 Å². The van der Waals surface area contributed by atoms with Crippen LogP contribution in [0.1, 0.15) is 18.5 Å². The van der Waals surface area contributed by atoms with Crippen molar-refractivity contribution in [1.29, 1.82) is 0 Å². The second kappa shape index (κ2) is 4.94. The molecule has 96 valence electrons. The second-order valence-electron chi connectivity index (χ2n) is 4.07. The molecule has 0 fully saturated rings. The number of nitrogens with two attached hydrogens (primary N) is 1. The van der Waals surface area contributed by atoms with Crippen molar-refractivity contribution < 1.29 is 0 Å². The van der Waals surface area contributed by atoms with Gasteiger partial charge in [-0.05, 0) is 24.8 Å². The van der Waals surface area contributed by atoms with Gasteiger partial charge in [-0.2, -0.15) is 0 Å². The number of fused-ring (bicyclic) bond motifs is 1. The molecule has 19 heavy (non-hydrogen) atoms. The minimum absolute atomic E-state index is 0.0738. The number of H-pyrrole nitrogens is 1. The molecule has 0 unspecified atom stereocenters. The molecule has 3 aromatic rings. The quantitative estimate of drug-likeness (QED) is 0.707. The van der Waals surface area contributed by atoms with Crippen molar-refractivity contribution in [2.24, 2.45) is 5.73 Å². The van der Waals surface area contributed by atoms with Gasteiger partial charge >= 0.3 is 0 Å². The summed E-state index contributed by atoms with van der Waals surface area (Å²) in [6, 6.07) is 3.79. The summed E-state index contributed by atoms with van der Waals surface area (Å²) in [4.78, 5) is 19.9. The first kappa shape index (κ1) is 12.1. The highest BCUT2D eigenvalue weighted by Crippen LogP contribution is 2.32. The smallest absolute Gasteiger partial charge is 0.181 e. The molecule has 0 saturated carbocycles. The van der Waals surface area contributed by atoms with Gasteiger partial charge in [0.2, 0.25) is 0 Å². The Bertz CT molecular complexity index is 708. The number of rotatable bonds is 3. The van der Waals surface area contributed by atoms with Crippen molar-refractivity contribution in [2.75, 3.05) is 0 Å². The molecule has 0 spiro atoms. The number of aromatic amines is 1. The highest BCUT2D eigenvalue weighted by atomic mass is 32.2. The van der Waals surface area contributed by atoms with E-state index in [0.29, 0.717) is 5.65 Å². The summed E-state index contributed by atoms with van der Waals surface area (Å²) < 4.78 is 0. The van der Waals surface area contributed by atoms with Gasteiger partial charge in [0, 0.05) is 17.8 Å². The molecule has 0 amide bonds. The molecule has 0 aliphatic heterocycles. The van der Waals surface area contributed by atoms with Gasteiger partial charge in [-0.1, -0.05) is 6.07 Å². The van der Waals surface area contributed by atoms with Crippen LogP contribution in [-0.2, 0) is 0 Å². The Labute approximate surface area is 113 Å². The maximum Gasteiger partial charge on any atom is 0.181 e. The third kappa shape index (κ3) is 2.29. The molecule has 0 aliphatic rings. The van der Waals surface area contributed by atoms with Crippen LogP contribution in [0.5, 0.6) is 0 Å². The van der Waals surface area contributed by atoms with Crippen molar-refractivity contribution in [3.63, 3.8) is 0 Å². The van der Waals surface area contributed by atoms with E-state index < -0.39 is 0 Å². The van der Waals surface area contributed by atoms with Gasteiger partial charge in [0.15, 0.2) is 5.65 Å². The molecular weight excluding hydrogens is 260 g/mol. The molecule has 3 N–H and O–H groups in total. The lowest BCUT2D eigenvalue weighted by atomic mass is 10.2. The van der Waals surface area contributed by atoms with Crippen LogP contribution in [0.4, 0.5) is 0 Å². The summed E-state index contributed by atoms with van der Waals surface area (Å²) in [7, 11) is 0. The molecule has 3 rings (SSSR count). The largest absolute Gasteiger partial charge is 0.341 e. The Morgan fingerprint density at radius 3 is 2.95 bits per heavy atom. The summed E-state index contributed by atoms with van der Waals surface area (Å²) in [6.07, 6.45) is 4.86. The number of aromatic nitrogens is 5. The summed E-state index contributed by atoms with van der Waals surface area (Å²) >= 11 is 1.46. The van der Waals surface area contributed by atoms with Crippen LogP contribution in [-0.4, -0.2) is 24.9 Å². The number of nitrogens with one attached hydrogen (secondary N) is 1. The monoisotopic (exact) mass is 272 g/mol. The van der Waals surface area contributed by atoms with E-state index in [0.717, 1.165) is 21.1 Å². The lowest BCUT2D eigenvalue weighted by Gasteiger charge is -2.10. The molecule has 0 aliphatic carbocycles. The summed E-state index contributed by atoms with van der Waals surface area (Å²) in [6.45, 7) is 1.94. The molecule has 0 bridgehead atoms. The maximum atomic E-state index is 5.95. The standard InChI is InChI=1S/C12H12N6S/c1-7(13)8-3-2-4-14-11(8)19-12-9-10(16-5-15-9)17-6-18-12/h2-7H,13H2,1H3,(H,15,16,17,18)/t7-/m0/s1. The first-order valence-corrected chi connectivity index (χ1v) is 6.60. The third-order valence-electron chi connectivity index (χ3n) is 2.67. The Hall–Kier alpha value is -1.99. The van der Waals surface area contributed by atoms with E-state index >= 15 is 0 Å². The van der Waals surface area contributed by atoms with E-state index in [1.54, 1.807) is 12.5 Å². The topological polar surface area (TPSA) is 93.4 Å². The fourth-order valence-electron chi connectivity index (χ4n) is 1.75. The lowest BCUT2D eigenvalue weighted by molar-refractivity contribution is 0.779. The first-order chi connectivity index (χ1) is 9.25. The predicted molar refractivity (Wildman–Crippen MR) is 72.6 cm³/mol. The van der Waals surface area contributed by atoms with Crippen molar-refractivity contribution >= 4 is 22.9 Å².